The van der Waals surface area contributed by atoms with Crippen molar-refractivity contribution < 1.29 is 53.9 Å². The Balaban J connectivity index is 2.09. The average molecular weight is 919 g/mol. The number of amides is 2. The zero-order chi connectivity index (χ0) is 48.7. The van der Waals surface area contributed by atoms with E-state index in [0.717, 1.165) is 30.4 Å². The van der Waals surface area contributed by atoms with Gasteiger partial charge in [0.15, 0.2) is 0 Å². The van der Waals surface area contributed by atoms with Gasteiger partial charge in [-0.1, -0.05) is 78.6 Å². The summed E-state index contributed by atoms with van der Waals surface area (Å²) in [6.07, 6.45) is 4.86. The van der Waals surface area contributed by atoms with Crippen LogP contribution in [-0.4, -0.2) is 203 Å². The van der Waals surface area contributed by atoms with Crippen LogP contribution in [0.25, 0.3) is 0 Å². The predicted octanol–water partition coefficient (Wildman–Crippen LogP) is 4.07. The summed E-state index contributed by atoms with van der Waals surface area (Å²) in [6, 6.07) is 7.29. The topological polar surface area (TPSA) is 212 Å². The number of unbranched alkanes of at least 4 members (excludes halogenated alkanes) is 1. The molecule has 2 rings (SSSR count). The van der Waals surface area contributed by atoms with Crippen molar-refractivity contribution in [2.45, 2.75) is 106 Å². The summed E-state index contributed by atoms with van der Waals surface area (Å²) >= 11 is 0. The molecule has 65 heavy (non-hydrogen) atoms. The molecular weight excluding hydrogens is 837 g/mol. The fourth-order valence-electron chi connectivity index (χ4n) is 8.35. The number of rotatable bonds is 28. The van der Waals surface area contributed by atoms with Crippen molar-refractivity contribution in [3.8, 4) is 0 Å². The standard InChI is InChI=1S/C48H82N6O11/c1-9-52(41(55)14-12-11-13-37(3)4)33-47(5,6)35-65-36-48(7,8)34-53(10-2)42(56)20-19-38-15-17-39(18-16-38)27-40-28-51(31-45(61)62)24-23-49(29-43(57)58)21-22-50(30-44(59)60)25-26-54(40)32-46(63)64/h15-18,37,40H,9-14,19-36H2,1-8H3,(H,57,58)(H,59,60)(H,61,62)(H,63,64)/t40-/m0/s1. The molecule has 0 aromatic heterocycles. The molecule has 1 aromatic rings. The summed E-state index contributed by atoms with van der Waals surface area (Å²) in [5.74, 6) is -3.39. The van der Waals surface area contributed by atoms with E-state index in [1.165, 1.54) is 0 Å². The van der Waals surface area contributed by atoms with E-state index in [4.69, 9.17) is 4.74 Å². The molecule has 2 amide bonds. The van der Waals surface area contributed by atoms with Crippen LogP contribution in [0.15, 0.2) is 24.3 Å². The van der Waals surface area contributed by atoms with Crippen LogP contribution >= 0.6 is 0 Å². The van der Waals surface area contributed by atoms with Crippen LogP contribution in [0.3, 0.4) is 0 Å². The highest BCUT2D eigenvalue weighted by molar-refractivity contribution is 5.77. The average Bonchev–Trinajstić information content (AvgIpc) is 3.20. The number of hydrogen-bond acceptors (Lipinski definition) is 11. The molecule has 17 heteroatoms. The van der Waals surface area contributed by atoms with E-state index in [1.54, 1.807) is 19.6 Å². The van der Waals surface area contributed by atoms with E-state index in [2.05, 4.69) is 41.5 Å². The quantitative estimate of drug-likeness (QED) is 0.0873. The first-order chi connectivity index (χ1) is 30.5. The number of ether oxygens (including phenoxy) is 1. The molecule has 1 heterocycles. The highest BCUT2D eigenvalue weighted by Gasteiger charge is 2.30. The summed E-state index contributed by atoms with van der Waals surface area (Å²) in [7, 11) is 0. The van der Waals surface area contributed by atoms with Gasteiger partial charge in [0.25, 0.3) is 0 Å². The number of benzene rings is 1. The zero-order valence-corrected chi connectivity index (χ0v) is 40.8. The highest BCUT2D eigenvalue weighted by atomic mass is 16.5. The van der Waals surface area contributed by atoms with Crippen LogP contribution < -0.4 is 0 Å². The zero-order valence-electron chi connectivity index (χ0n) is 40.8. The van der Waals surface area contributed by atoms with Crippen LogP contribution in [0, 0.1) is 16.7 Å². The molecule has 0 saturated carbocycles. The summed E-state index contributed by atoms with van der Waals surface area (Å²) in [5, 5.41) is 38.8. The van der Waals surface area contributed by atoms with Gasteiger partial charge >= 0.3 is 23.9 Å². The minimum Gasteiger partial charge on any atom is -0.480 e. The Labute approximate surface area is 388 Å². The van der Waals surface area contributed by atoms with E-state index in [1.807, 2.05) is 47.9 Å². The molecule has 1 aromatic carbocycles. The van der Waals surface area contributed by atoms with Gasteiger partial charge < -0.3 is 35.0 Å². The van der Waals surface area contributed by atoms with Gasteiger partial charge in [-0.05, 0) is 50.2 Å². The van der Waals surface area contributed by atoms with Crippen LogP contribution in [-0.2, 0) is 46.3 Å². The monoisotopic (exact) mass is 919 g/mol. The SMILES string of the molecule is CCN(CC(C)(C)COCC(C)(C)CN(CC)C(=O)CCc1ccc(C[C@H]2CN(CC(=O)O)CCN(CC(=O)O)CCN(CC(=O)O)CCN2CC(=O)O)cc1)C(=O)CCCCC(C)C. The molecule has 0 spiro atoms. The Morgan fingerprint density at radius 1 is 0.631 bits per heavy atom. The van der Waals surface area contributed by atoms with Crippen molar-refractivity contribution >= 4 is 35.7 Å². The molecule has 1 saturated heterocycles. The first kappa shape index (κ1) is 57.0. The fourth-order valence-corrected chi connectivity index (χ4v) is 8.35. The second kappa shape index (κ2) is 28.8. The smallest absolute Gasteiger partial charge is 0.317 e. The third kappa shape index (κ3) is 24.3. The molecular formula is C48H82N6O11. The lowest BCUT2D eigenvalue weighted by Crippen LogP contribution is -2.53. The molecule has 0 bridgehead atoms. The lowest BCUT2D eigenvalue weighted by molar-refractivity contribution is -0.142. The van der Waals surface area contributed by atoms with Gasteiger partial charge in [-0.2, -0.15) is 0 Å². The largest absolute Gasteiger partial charge is 0.480 e. The normalized spacial score (nSPS) is 16.7. The number of aryl methyl sites for hydroxylation is 1. The molecule has 370 valence electrons. The number of carboxylic acids is 4. The Kier molecular flexibility index (Phi) is 25.2. The van der Waals surface area contributed by atoms with E-state index in [9.17, 15) is 49.2 Å². The minimum atomic E-state index is -1.07. The van der Waals surface area contributed by atoms with Crippen molar-refractivity contribution in [2.75, 3.05) is 111 Å². The van der Waals surface area contributed by atoms with Gasteiger partial charge in [-0.25, -0.2) is 0 Å². The second-order valence-corrected chi connectivity index (χ2v) is 19.8. The van der Waals surface area contributed by atoms with Gasteiger partial charge in [0.05, 0.1) is 39.4 Å². The number of carbonyl (C=O) groups excluding carboxylic acids is 2. The lowest BCUT2D eigenvalue weighted by atomic mass is 9.91. The van der Waals surface area contributed by atoms with E-state index < -0.39 is 29.9 Å². The molecule has 0 unspecified atom stereocenters. The summed E-state index contributed by atoms with van der Waals surface area (Å²) < 4.78 is 6.27. The number of carboxylic acid groups (broad SMARTS) is 4. The molecule has 17 nitrogen and oxygen atoms in total. The fraction of sp³-hybridized carbons (Fsp3) is 0.750. The van der Waals surface area contributed by atoms with Crippen LogP contribution in [0.5, 0.6) is 0 Å². The number of carbonyl (C=O) groups is 6. The van der Waals surface area contributed by atoms with Crippen molar-refractivity contribution in [2.24, 2.45) is 16.7 Å². The number of aliphatic carboxylic acids is 4. The first-order valence-electron chi connectivity index (χ1n) is 23.5. The maximum absolute atomic E-state index is 13.6. The third-order valence-electron chi connectivity index (χ3n) is 11.8. The first-order valence-corrected chi connectivity index (χ1v) is 23.5. The highest BCUT2D eigenvalue weighted by Crippen LogP contribution is 2.24. The summed E-state index contributed by atoms with van der Waals surface area (Å²) in [6.45, 7) is 20.3. The van der Waals surface area contributed by atoms with Crippen molar-refractivity contribution in [3.63, 3.8) is 0 Å². The van der Waals surface area contributed by atoms with Crippen LogP contribution in [0.2, 0.25) is 0 Å². The third-order valence-corrected chi connectivity index (χ3v) is 11.8. The van der Waals surface area contributed by atoms with Crippen molar-refractivity contribution in [1.82, 2.24) is 29.4 Å². The summed E-state index contributed by atoms with van der Waals surface area (Å²) in [4.78, 5) is 84.5. The Hall–Kier alpha value is -4.16. The van der Waals surface area contributed by atoms with Crippen molar-refractivity contribution in [1.29, 1.82) is 0 Å². The number of hydrogen-bond donors (Lipinski definition) is 4. The molecule has 1 atom stereocenters. The molecule has 0 radical (unpaired) electrons. The molecule has 4 N–H and O–H groups in total. The second-order valence-electron chi connectivity index (χ2n) is 19.8. The molecule has 0 aliphatic carbocycles. The van der Waals surface area contributed by atoms with Gasteiger partial charge in [0.1, 0.15) is 0 Å². The minimum absolute atomic E-state index is 0.0328. The van der Waals surface area contributed by atoms with Gasteiger partial charge in [-0.15, -0.1) is 0 Å². The molecule has 1 aliphatic heterocycles. The maximum atomic E-state index is 13.6. The van der Waals surface area contributed by atoms with Crippen molar-refractivity contribution in [3.05, 3.63) is 35.4 Å². The van der Waals surface area contributed by atoms with Crippen LogP contribution in [0.4, 0.5) is 0 Å². The van der Waals surface area contributed by atoms with E-state index in [0.29, 0.717) is 71.0 Å². The predicted molar refractivity (Wildman–Crippen MR) is 250 cm³/mol. The Morgan fingerprint density at radius 2 is 1.06 bits per heavy atom. The van der Waals surface area contributed by atoms with Crippen LogP contribution in [0.1, 0.15) is 98.6 Å². The Morgan fingerprint density at radius 3 is 1.52 bits per heavy atom. The lowest BCUT2D eigenvalue weighted by Gasteiger charge is -2.37. The van der Waals surface area contributed by atoms with Gasteiger partial charge in [-0.3, -0.25) is 48.4 Å². The van der Waals surface area contributed by atoms with Gasteiger partial charge in [0, 0.05) is 102 Å². The molecule has 1 fully saturated rings. The molecule has 1 aliphatic rings. The van der Waals surface area contributed by atoms with Gasteiger partial charge in [0.2, 0.25) is 11.8 Å². The summed E-state index contributed by atoms with van der Waals surface area (Å²) in [5.41, 5.74) is 1.28. The maximum Gasteiger partial charge on any atom is 0.317 e. The number of nitrogens with zero attached hydrogens (tertiary/aromatic N) is 6. The van der Waals surface area contributed by atoms with E-state index in [-0.39, 0.29) is 94.6 Å². The Bertz CT molecular complexity index is 1640. The van der Waals surface area contributed by atoms with E-state index >= 15 is 0 Å².